The maximum absolute atomic E-state index is 13.5. The van der Waals surface area contributed by atoms with Crippen molar-refractivity contribution in [1.82, 2.24) is 24.3 Å². The molecule has 2 N–H and O–H groups in total. The number of ether oxygens (including phenoxy) is 2. The highest BCUT2D eigenvalue weighted by atomic mass is 16.5. The number of nitrogens with one attached hydrogen (secondary N) is 2. The van der Waals surface area contributed by atoms with E-state index < -0.39 is 0 Å². The van der Waals surface area contributed by atoms with Gasteiger partial charge in [0.1, 0.15) is 0 Å². The van der Waals surface area contributed by atoms with Gasteiger partial charge in [-0.15, -0.1) is 0 Å². The highest BCUT2D eigenvalue weighted by Crippen LogP contribution is 2.31. The second-order valence-electron chi connectivity index (χ2n) is 10.0. The number of anilines is 2. The van der Waals surface area contributed by atoms with E-state index in [-0.39, 0.29) is 5.91 Å². The van der Waals surface area contributed by atoms with Gasteiger partial charge in [-0.05, 0) is 56.0 Å². The number of aromatic nitrogens is 5. The number of fused-ring (bicyclic) bond motifs is 7. The summed E-state index contributed by atoms with van der Waals surface area (Å²) in [7, 11) is 1.85. The van der Waals surface area contributed by atoms with Gasteiger partial charge in [0, 0.05) is 30.5 Å². The molecule has 5 heterocycles. The SMILES string of the molecule is Cc1cc2cc(n1)-c1cnn(C)c1OCCC[C@@H](C)Cn1c(nc3cc(NC4COC4)ccc31)NC2=O. The van der Waals surface area contributed by atoms with Crippen LogP contribution in [0.2, 0.25) is 0 Å². The zero-order valence-corrected chi connectivity index (χ0v) is 21.3. The van der Waals surface area contributed by atoms with Crippen LogP contribution in [0.1, 0.15) is 35.8 Å². The van der Waals surface area contributed by atoms with Crippen molar-refractivity contribution in [3.05, 3.63) is 47.8 Å². The molecule has 2 aliphatic heterocycles. The van der Waals surface area contributed by atoms with E-state index in [0.29, 0.717) is 54.9 Å². The van der Waals surface area contributed by atoms with E-state index in [2.05, 4.69) is 44.3 Å². The molecule has 10 nitrogen and oxygen atoms in total. The minimum absolute atomic E-state index is 0.234. The number of benzene rings is 1. The van der Waals surface area contributed by atoms with Crippen LogP contribution in [0.3, 0.4) is 0 Å². The number of rotatable bonds is 2. The van der Waals surface area contributed by atoms with Crippen LogP contribution < -0.4 is 15.4 Å². The first-order chi connectivity index (χ1) is 17.9. The highest BCUT2D eigenvalue weighted by Gasteiger charge is 2.22. The molecule has 6 rings (SSSR count). The predicted octanol–water partition coefficient (Wildman–Crippen LogP) is 4.01. The van der Waals surface area contributed by atoms with E-state index >= 15 is 0 Å². The Labute approximate surface area is 215 Å². The Morgan fingerprint density at radius 3 is 2.84 bits per heavy atom. The average Bonchev–Trinajstić information content (AvgIpc) is 3.37. The van der Waals surface area contributed by atoms with Gasteiger partial charge in [-0.1, -0.05) is 6.92 Å². The Balaban J connectivity index is 1.40. The van der Waals surface area contributed by atoms with E-state index in [9.17, 15) is 4.79 Å². The number of pyridine rings is 1. The second kappa shape index (κ2) is 9.51. The molecule has 1 saturated heterocycles. The summed E-state index contributed by atoms with van der Waals surface area (Å²) in [6.45, 7) is 6.82. The van der Waals surface area contributed by atoms with Crippen molar-refractivity contribution >= 4 is 28.6 Å². The van der Waals surface area contributed by atoms with Crippen molar-refractivity contribution in [2.45, 2.75) is 39.3 Å². The average molecular weight is 502 g/mol. The molecule has 2 aliphatic rings. The van der Waals surface area contributed by atoms with Crippen LogP contribution in [0.5, 0.6) is 5.88 Å². The van der Waals surface area contributed by atoms with E-state index in [1.807, 2.05) is 20.0 Å². The summed E-state index contributed by atoms with van der Waals surface area (Å²) in [4.78, 5) is 23.0. The Hall–Kier alpha value is -3.92. The third-order valence-electron chi connectivity index (χ3n) is 6.93. The molecule has 2 bridgehead atoms. The molecular formula is C27H31N7O3. The largest absolute Gasteiger partial charge is 0.477 e. The summed E-state index contributed by atoms with van der Waals surface area (Å²) in [6, 6.07) is 10.1. The van der Waals surface area contributed by atoms with E-state index in [0.717, 1.165) is 47.4 Å². The lowest BCUT2D eigenvalue weighted by atomic mass is 10.1. The van der Waals surface area contributed by atoms with Gasteiger partial charge in [0.05, 0.1) is 54.4 Å². The minimum Gasteiger partial charge on any atom is -0.477 e. The molecule has 0 unspecified atom stereocenters. The molecule has 1 fully saturated rings. The Morgan fingerprint density at radius 2 is 2.03 bits per heavy atom. The fraction of sp³-hybridized carbons (Fsp3) is 0.407. The summed E-state index contributed by atoms with van der Waals surface area (Å²) >= 11 is 0. The molecular weight excluding hydrogens is 470 g/mol. The first-order valence-electron chi connectivity index (χ1n) is 12.7. The fourth-order valence-corrected chi connectivity index (χ4v) is 4.94. The third-order valence-corrected chi connectivity index (χ3v) is 6.93. The van der Waals surface area contributed by atoms with Crippen LogP contribution in [0.25, 0.3) is 22.3 Å². The maximum atomic E-state index is 13.5. The highest BCUT2D eigenvalue weighted by molar-refractivity contribution is 6.05. The summed E-state index contributed by atoms with van der Waals surface area (Å²) in [6.07, 6.45) is 3.59. The first kappa shape index (κ1) is 23.5. The van der Waals surface area contributed by atoms with Crippen LogP contribution in [-0.4, -0.2) is 56.1 Å². The smallest absolute Gasteiger partial charge is 0.258 e. The number of hydrogen-bond acceptors (Lipinski definition) is 7. The standard InChI is InChI=1S/C27H31N7O3/c1-16-5-4-8-37-26-21(12-28-33(26)3)22-10-18(9-17(2)29-22)25(35)32-27-31-23-11-19(30-20-14-36-15-20)6-7-24(23)34(27)13-16/h6-7,9-12,16,20,30H,4-5,8,13-15H2,1-3H3,(H,31,32,35)/t16-/m1/s1. The molecule has 4 aromatic rings. The molecule has 1 atom stereocenters. The van der Waals surface area contributed by atoms with Crippen molar-refractivity contribution < 1.29 is 14.3 Å². The molecule has 1 aromatic carbocycles. The number of nitrogens with zero attached hydrogens (tertiary/aromatic N) is 5. The van der Waals surface area contributed by atoms with Crippen molar-refractivity contribution in [2.75, 3.05) is 30.5 Å². The van der Waals surface area contributed by atoms with Crippen LogP contribution in [0.4, 0.5) is 11.6 Å². The topological polar surface area (TPSA) is 108 Å². The van der Waals surface area contributed by atoms with E-state index in [1.54, 1.807) is 23.0 Å². The summed E-state index contributed by atoms with van der Waals surface area (Å²) < 4.78 is 15.3. The Morgan fingerprint density at radius 1 is 1.16 bits per heavy atom. The molecule has 3 aromatic heterocycles. The number of imidazole rings is 1. The van der Waals surface area contributed by atoms with Crippen LogP contribution in [0.15, 0.2) is 36.5 Å². The summed E-state index contributed by atoms with van der Waals surface area (Å²) in [5.41, 5.74) is 5.49. The van der Waals surface area contributed by atoms with Gasteiger partial charge < -0.3 is 19.4 Å². The van der Waals surface area contributed by atoms with Crippen molar-refractivity contribution in [3.8, 4) is 17.1 Å². The molecule has 192 valence electrons. The quantitative estimate of drug-likeness (QED) is 0.427. The predicted molar refractivity (Wildman–Crippen MR) is 141 cm³/mol. The molecule has 0 aliphatic carbocycles. The van der Waals surface area contributed by atoms with Gasteiger partial charge in [-0.25, -0.2) is 9.67 Å². The van der Waals surface area contributed by atoms with Crippen LogP contribution in [-0.2, 0) is 18.3 Å². The molecule has 10 heteroatoms. The van der Waals surface area contributed by atoms with Gasteiger partial charge in [-0.3, -0.25) is 15.1 Å². The molecule has 0 spiro atoms. The lowest BCUT2D eigenvalue weighted by Gasteiger charge is -2.27. The van der Waals surface area contributed by atoms with Crippen molar-refractivity contribution in [1.29, 1.82) is 0 Å². The second-order valence-corrected chi connectivity index (χ2v) is 10.0. The lowest BCUT2D eigenvalue weighted by Crippen LogP contribution is -2.40. The van der Waals surface area contributed by atoms with E-state index in [1.165, 1.54) is 0 Å². The Bertz CT molecular complexity index is 1470. The van der Waals surface area contributed by atoms with Gasteiger partial charge in [0.25, 0.3) is 5.91 Å². The van der Waals surface area contributed by atoms with Crippen molar-refractivity contribution in [3.63, 3.8) is 0 Å². The van der Waals surface area contributed by atoms with Crippen LogP contribution in [0, 0.1) is 12.8 Å². The molecule has 1 amide bonds. The molecule has 0 saturated carbocycles. The summed E-state index contributed by atoms with van der Waals surface area (Å²) in [5.74, 6) is 1.31. The summed E-state index contributed by atoms with van der Waals surface area (Å²) in [5, 5.41) is 10.9. The van der Waals surface area contributed by atoms with Crippen LogP contribution >= 0.6 is 0 Å². The number of carbonyl (C=O) groups excluding carboxylic acids is 1. The Kier molecular flexibility index (Phi) is 6.03. The van der Waals surface area contributed by atoms with Crippen molar-refractivity contribution in [2.24, 2.45) is 13.0 Å². The molecule has 37 heavy (non-hydrogen) atoms. The van der Waals surface area contributed by atoms with Gasteiger partial charge in [-0.2, -0.15) is 5.10 Å². The number of aryl methyl sites for hydroxylation is 2. The minimum atomic E-state index is -0.234. The number of hydrogen-bond donors (Lipinski definition) is 2. The number of carbonyl (C=O) groups is 1. The van der Waals surface area contributed by atoms with Gasteiger partial charge >= 0.3 is 0 Å². The fourth-order valence-electron chi connectivity index (χ4n) is 4.94. The van der Waals surface area contributed by atoms with Gasteiger partial charge in [0.15, 0.2) is 0 Å². The normalized spacial score (nSPS) is 18.6. The zero-order chi connectivity index (χ0) is 25.5. The zero-order valence-electron chi connectivity index (χ0n) is 21.3. The first-order valence-corrected chi connectivity index (χ1v) is 12.7. The molecule has 0 radical (unpaired) electrons. The third kappa shape index (κ3) is 4.64. The number of amides is 1. The lowest BCUT2D eigenvalue weighted by molar-refractivity contribution is 0.0211. The monoisotopic (exact) mass is 501 g/mol. The van der Waals surface area contributed by atoms with E-state index in [4.69, 9.17) is 14.5 Å². The van der Waals surface area contributed by atoms with Gasteiger partial charge in [0.2, 0.25) is 11.8 Å². The maximum Gasteiger partial charge on any atom is 0.258 e.